The van der Waals surface area contributed by atoms with Crippen molar-refractivity contribution < 1.29 is 18.0 Å². The number of imidazole rings is 1. The van der Waals surface area contributed by atoms with Gasteiger partial charge in [0.15, 0.2) is 0 Å². The molecule has 1 aliphatic heterocycles. The molecule has 0 saturated carbocycles. The topological polar surface area (TPSA) is 50.2 Å². The quantitative estimate of drug-likeness (QED) is 0.663. The summed E-state index contributed by atoms with van der Waals surface area (Å²) in [7, 11) is 0. The minimum atomic E-state index is -4.32. The maximum atomic E-state index is 12.8. The van der Waals surface area contributed by atoms with Crippen LogP contribution in [0.4, 0.5) is 13.2 Å². The fourth-order valence-corrected chi connectivity index (χ4v) is 3.60. The van der Waals surface area contributed by atoms with E-state index in [1.165, 1.54) is 12.1 Å². The largest absolute Gasteiger partial charge is 0.416 e. The van der Waals surface area contributed by atoms with Gasteiger partial charge in [0.05, 0.1) is 11.9 Å². The molecular weight excluding hydrogens is 369 g/mol. The number of alkyl halides is 3. The summed E-state index contributed by atoms with van der Waals surface area (Å²) in [5, 5.41) is 3.20. The standard InChI is InChI=1S/C20H25F3N4O/c21-20(22,23)17-4-1-3-16(13-17)14-24-8-7-18-5-6-19(28)27(18)11-2-10-26-12-9-25-15-26/h1,3-4,9,12-13,15,18,24H,2,5-8,10-11,14H2/t18-/m1/s1. The van der Waals surface area contributed by atoms with Gasteiger partial charge in [-0.1, -0.05) is 18.2 Å². The number of nitrogens with one attached hydrogen (secondary N) is 1. The number of benzene rings is 1. The lowest BCUT2D eigenvalue weighted by molar-refractivity contribution is -0.137. The number of amides is 1. The third-order valence-electron chi connectivity index (χ3n) is 5.06. The molecule has 2 heterocycles. The Morgan fingerprint density at radius 2 is 2.11 bits per heavy atom. The average molecular weight is 394 g/mol. The minimum Gasteiger partial charge on any atom is -0.340 e. The molecule has 0 unspecified atom stereocenters. The molecule has 0 spiro atoms. The first-order valence-electron chi connectivity index (χ1n) is 9.55. The predicted octanol–water partition coefficient (Wildman–Crippen LogP) is 3.46. The van der Waals surface area contributed by atoms with E-state index >= 15 is 0 Å². The highest BCUT2D eigenvalue weighted by Crippen LogP contribution is 2.29. The molecule has 1 fully saturated rings. The van der Waals surface area contributed by atoms with E-state index in [1.807, 2.05) is 15.7 Å². The van der Waals surface area contributed by atoms with Gasteiger partial charge in [-0.2, -0.15) is 13.2 Å². The molecule has 152 valence electrons. The Morgan fingerprint density at radius 3 is 2.86 bits per heavy atom. The number of nitrogens with zero attached hydrogens (tertiary/aromatic N) is 3. The fraction of sp³-hybridized carbons (Fsp3) is 0.500. The second-order valence-electron chi connectivity index (χ2n) is 7.10. The van der Waals surface area contributed by atoms with Crippen molar-refractivity contribution in [1.82, 2.24) is 19.8 Å². The van der Waals surface area contributed by atoms with Gasteiger partial charge >= 0.3 is 6.18 Å². The Hall–Kier alpha value is -2.35. The summed E-state index contributed by atoms with van der Waals surface area (Å²) in [6, 6.07) is 5.56. The molecule has 1 N–H and O–H groups in total. The molecule has 1 atom stereocenters. The highest BCUT2D eigenvalue weighted by Gasteiger charge is 2.31. The number of aryl methyl sites for hydroxylation is 1. The lowest BCUT2D eigenvalue weighted by Gasteiger charge is -2.25. The average Bonchev–Trinajstić information content (AvgIpc) is 3.29. The van der Waals surface area contributed by atoms with E-state index < -0.39 is 11.7 Å². The third kappa shape index (κ3) is 5.58. The summed E-state index contributed by atoms with van der Waals surface area (Å²) in [5.74, 6) is 0.188. The molecule has 0 radical (unpaired) electrons. The molecule has 1 aliphatic rings. The van der Waals surface area contributed by atoms with E-state index in [0.717, 1.165) is 38.4 Å². The van der Waals surface area contributed by atoms with Gasteiger partial charge in [0.1, 0.15) is 0 Å². The summed E-state index contributed by atoms with van der Waals surface area (Å²) in [6.07, 6.45) is 4.17. The van der Waals surface area contributed by atoms with Crippen molar-refractivity contribution in [3.63, 3.8) is 0 Å². The molecule has 5 nitrogen and oxygen atoms in total. The van der Waals surface area contributed by atoms with Crippen LogP contribution in [-0.2, 0) is 24.1 Å². The second-order valence-corrected chi connectivity index (χ2v) is 7.10. The Balaban J connectivity index is 1.41. The first-order valence-corrected chi connectivity index (χ1v) is 9.55. The van der Waals surface area contributed by atoms with Gasteiger partial charge in [0.2, 0.25) is 5.91 Å². The molecule has 8 heteroatoms. The zero-order chi connectivity index (χ0) is 20.0. The minimum absolute atomic E-state index is 0.188. The van der Waals surface area contributed by atoms with Crippen LogP contribution in [0.5, 0.6) is 0 Å². The summed E-state index contributed by atoms with van der Waals surface area (Å²) in [4.78, 5) is 18.1. The monoisotopic (exact) mass is 394 g/mol. The van der Waals surface area contributed by atoms with Gasteiger partial charge in [0, 0.05) is 44.5 Å². The molecule has 0 aliphatic carbocycles. The van der Waals surface area contributed by atoms with Crippen LogP contribution in [0.2, 0.25) is 0 Å². The molecule has 2 aromatic rings. The van der Waals surface area contributed by atoms with Crippen molar-refractivity contribution in [3.05, 3.63) is 54.1 Å². The Bertz CT molecular complexity index is 761. The maximum absolute atomic E-state index is 12.8. The van der Waals surface area contributed by atoms with E-state index in [4.69, 9.17) is 0 Å². The van der Waals surface area contributed by atoms with Crippen molar-refractivity contribution in [2.24, 2.45) is 0 Å². The van der Waals surface area contributed by atoms with Crippen molar-refractivity contribution in [2.75, 3.05) is 13.1 Å². The number of halogens is 3. The smallest absolute Gasteiger partial charge is 0.340 e. The molecule has 3 rings (SSSR count). The van der Waals surface area contributed by atoms with Crippen LogP contribution in [0, 0.1) is 0 Å². The zero-order valence-corrected chi connectivity index (χ0v) is 15.7. The zero-order valence-electron chi connectivity index (χ0n) is 15.7. The number of aromatic nitrogens is 2. The summed E-state index contributed by atoms with van der Waals surface area (Å²) >= 11 is 0. The lowest BCUT2D eigenvalue weighted by atomic mass is 10.1. The van der Waals surface area contributed by atoms with Crippen LogP contribution < -0.4 is 5.32 Å². The SMILES string of the molecule is O=C1CC[C@H](CCNCc2cccc(C(F)(F)F)c2)N1CCCn1ccnc1. The normalized spacial score (nSPS) is 17.5. The summed E-state index contributed by atoms with van der Waals surface area (Å²) in [5.41, 5.74) is -0.0215. The maximum Gasteiger partial charge on any atom is 0.416 e. The van der Waals surface area contributed by atoms with Crippen molar-refractivity contribution in [2.45, 2.75) is 51.0 Å². The number of carbonyl (C=O) groups is 1. The first-order chi connectivity index (χ1) is 13.4. The van der Waals surface area contributed by atoms with Crippen LogP contribution in [0.3, 0.4) is 0 Å². The number of likely N-dealkylation sites (tertiary alicyclic amines) is 1. The molecule has 0 bridgehead atoms. The van der Waals surface area contributed by atoms with E-state index in [0.29, 0.717) is 25.1 Å². The van der Waals surface area contributed by atoms with Gasteiger partial charge in [-0.3, -0.25) is 4.79 Å². The second kappa shape index (κ2) is 9.23. The Labute approximate surface area is 162 Å². The van der Waals surface area contributed by atoms with Crippen LogP contribution >= 0.6 is 0 Å². The van der Waals surface area contributed by atoms with Gasteiger partial charge in [-0.15, -0.1) is 0 Å². The molecule has 1 saturated heterocycles. The Kier molecular flexibility index (Phi) is 6.72. The van der Waals surface area contributed by atoms with Gasteiger partial charge in [-0.25, -0.2) is 4.98 Å². The highest BCUT2D eigenvalue weighted by molar-refractivity contribution is 5.78. The van der Waals surface area contributed by atoms with Crippen LogP contribution in [0.1, 0.15) is 36.8 Å². The molecule has 28 heavy (non-hydrogen) atoms. The number of rotatable bonds is 9. The summed E-state index contributed by atoms with van der Waals surface area (Å²) < 4.78 is 40.3. The molecular formula is C20H25F3N4O. The van der Waals surface area contributed by atoms with Crippen LogP contribution in [0.15, 0.2) is 43.0 Å². The number of hydrogen-bond donors (Lipinski definition) is 1. The summed E-state index contributed by atoms with van der Waals surface area (Å²) in [6.45, 7) is 2.58. The van der Waals surface area contributed by atoms with Gasteiger partial charge in [0.25, 0.3) is 0 Å². The molecule has 1 aromatic carbocycles. The van der Waals surface area contributed by atoms with Gasteiger partial charge in [-0.05, 0) is 37.4 Å². The van der Waals surface area contributed by atoms with E-state index in [1.54, 1.807) is 18.6 Å². The van der Waals surface area contributed by atoms with E-state index in [9.17, 15) is 18.0 Å². The van der Waals surface area contributed by atoms with E-state index in [-0.39, 0.29) is 11.9 Å². The fourth-order valence-electron chi connectivity index (χ4n) is 3.60. The number of hydrogen-bond acceptors (Lipinski definition) is 3. The molecule has 1 aromatic heterocycles. The Morgan fingerprint density at radius 1 is 1.25 bits per heavy atom. The van der Waals surface area contributed by atoms with Gasteiger partial charge < -0.3 is 14.8 Å². The van der Waals surface area contributed by atoms with Crippen LogP contribution in [-0.4, -0.2) is 39.5 Å². The lowest BCUT2D eigenvalue weighted by Crippen LogP contribution is -2.36. The highest BCUT2D eigenvalue weighted by atomic mass is 19.4. The number of carbonyl (C=O) groups excluding carboxylic acids is 1. The predicted molar refractivity (Wildman–Crippen MR) is 99.3 cm³/mol. The van der Waals surface area contributed by atoms with Crippen LogP contribution in [0.25, 0.3) is 0 Å². The first kappa shape index (κ1) is 20.4. The van der Waals surface area contributed by atoms with Crippen molar-refractivity contribution in [1.29, 1.82) is 0 Å². The van der Waals surface area contributed by atoms with E-state index in [2.05, 4.69) is 10.3 Å². The van der Waals surface area contributed by atoms with Crippen molar-refractivity contribution in [3.8, 4) is 0 Å². The third-order valence-corrected chi connectivity index (χ3v) is 5.06. The van der Waals surface area contributed by atoms with Crippen molar-refractivity contribution >= 4 is 5.91 Å². The molecule has 1 amide bonds.